The van der Waals surface area contributed by atoms with Gasteiger partial charge in [0.15, 0.2) is 0 Å². The first-order valence-corrected chi connectivity index (χ1v) is 7.33. The number of aryl methyl sites for hydroxylation is 1. The molecule has 1 rings (SSSR count). The summed E-state index contributed by atoms with van der Waals surface area (Å²) in [6.07, 6.45) is -0.563. The highest BCUT2D eigenvalue weighted by Crippen LogP contribution is 2.18. The molecule has 0 aromatic carbocycles. The van der Waals surface area contributed by atoms with Gasteiger partial charge in [-0.15, -0.1) is 10.2 Å². The third kappa shape index (κ3) is 7.02. The largest absolute Gasteiger partial charge is 0.424 e. The number of nitrogens with zero attached hydrogens (tertiary/aromatic N) is 3. The number of rotatable bonds is 6. The lowest BCUT2D eigenvalue weighted by Crippen LogP contribution is -2.46. The molecule has 1 aromatic rings. The van der Waals surface area contributed by atoms with E-state index in [4.69, 9.17) is 9.15 Å². The van der Waals surface area contributed by atoms with Crippen LogP contribution in [0.2, 0.25) is 0 Å². The van der Waals surface area contributed by atoms with Gasteiger partial charge in [0.1, 0.15) is 0 Å². The summed E-state index contributed by atoms with van der Waals surface area (Å²) in [5.41, 5.74) is -0.373. The minimum absolute atomic E-state index is 0.120. The summed E-state index contributed by atoms with van der Waals surface area (Å²) in [5, 5.41) is 18.1. The Labute approximate surface area is 127 Å². The van der Waals surface area contributed by atoms with Crippen molar-refractivity contribution >= 4 is 0 Å². The molecule has 1 heterocycles. The molecule has 1 atom stereocenters. The first-order valence-electron chi connectivity index (χ1n) is 7.33. The van der Waals surface area contributed by atoms with Crippen molar-refractivity contribution in [2.45, 2.75) is 72.3 Å². The summed E-state index contributed by atoms with van der Waals surface area (Å²) >= 11 is 0. The summed E-state index contributed by atoms with van der Waals surface area (Å²) in [7, 11) is 0. The highest BCUT2D eigenvalue weighted by atomic mass is 16.5. The van der Waals surface area contributed by atoms with Crippen LogP contribution in [0.4, 0.5) is 0 Å². The minimum atomic E-state index is -0.563. The lowest BCUT2D eigenvalue weighted by Gasteiger charge is -2.36. The standard InChI is InChI=1S/C15H29N3O3/c1-11-16-17-13(21-11)9-18(14(2,3)4)8-12(19)10-20-15(5,6)7/h12,19H,8-10H2,1-7H3. The number of β-amino-alcohol motifs (C(OH)–C–C–N with tert-alkyl or cyclic N) is 1. The topological polar surface area (TPSA) is 71.6 Å². The van der Waals surface area contributed by atoms with E-state index < -0.39 is 6.10 Å². The van der Waals surface area contributed by atoms with E-state index >= 15 is 0 Å². The third-order valence-electron chi connectivity index (χ3n) is 2.98. The Kier molecular flexibility index (Phi) is 5.90. The predicted octanol–water partition coefficient (Wildman–Crippen LogP) is 2.15. The van der Waals surface area contributed by atoms with Crippen LogP contribution in [0.3, 0.4) is 0 Å². The molecule has 1 unspecified atom stereocenters. The van der Waals surface area contributed by atoms with Crippen LogP contribution in [0.5, 0.6) is 0 Å². The van der Waals surface area contributed by atoms with Crippen molar-refractivity contribution in [1.82, 2.24) is 15.1 Å². The molecule has 1 aromatic heterocycles. The molecule has 0 aliphatic carbocycles. The molecule has 0 saturated carbocycles. The van der Waals surface area contributed by atoms with E-state index in [1.165, 1.54) is 0 Å². The maximum absolute atomic E-state index is 10.2. The number of ether oxygens (including phenoxy) is 1. The second kappa shape index (κ2) is 6.85. The number of aliphatic hydroxyl groups is 1. The molecule has 6 heteroatoms. The maximum atomic E-state index is 10.2. The van der Waals surface area contributed by atoms with Crippen LogP contribution in [0.15, 0.2) is 4.42 Å². The molecule has 1 N–H and O–H groups in total. The van der Waals surface area contributed by atoms with E-state index in [0.29, 0.717) is 31.5 Å². The maximum Gasteiger partial charge on any atom is 0.230 e. The molecular weight excluding hydrogens is 270 g/mol. The summed E-state index contributed by atoms with van der Waals surface area (Å²) in [4.78, 5) is 2.11. The molecule has 6 nitrogen and oxygen atoms in total. The lowest BCUT2D eigenvalue weighted by atomic mass is 10.1. The van der Waals surface area contributed by atoms with Crippen LogP contribution in [0.25, 0.3) is 0 Å². The molecule has 0 amide bonds. The van der Waals surface area contributed by atoms with Gasteiger partial charge in [-0.3, -0.25) is 4.90 Å². The van der Waals surface area contributed by atoms with Crippen LogP contribution < -0.4 is 0 Å². The van der Waals surface area contributed by atoms with Gasteiger partial charge in [0.25, 0.3) is 0 Å². The molecule has 0 bridgehead atoms. The van der Waals surface area contributed by atoms with E-state index in [0.717, 1.165) is 0 Å². The average molecular weight is 299 g/mol. The first-order chi connectivity index (χ1) is 9.47. The van der Waals surface area contributed by atoms with Gasteiger partial charge in [0.05, 0.1) is 24.9 Å². The smallest absolute Gasteiger partial charge is 0.230 e. The van der Waals surface area contributed by atoms with E-state index in [2.05, 4.69) is 35.9 Å². The van der Waals surface area contributed by atoms with Gasteiger partial charge in [-0.2, -0.15) is 0 Å². The molecule has 0 spiro atoms. The van der Waals surface area contributed by atoms with Gasteiger partial charge in [-0.05, 0) is 41.5 Å². The van der Waals surface area contributed by atoms with Gasteiger partial charge in [-0.25, -0.2) is 0 Å². The van der Waals surface area contributed by atoms with Gasteiger partial charge in [0, 0.05) is 19.0 Å². The third-order valence-corrected chi connectivity index (χ3v) is 2.98. The SMILES string of the molecule is Cc1nnc(CN(CC(O)COC(C)(C)C)C(C)(C)C)o1. The zero-order chi connectivity index (χ0) is 16.3. The highest BCUT2D eigenvalue weighted by molar-refractivity contribution is 4.85. The van der Waals surface area contributed by atoms with Crippen molar-refractivity contribution in [2.24, 2.45) is 0 Å². The number of hydrogen-bond acceptors (Lipinski definition) is 6. The van der Waals surface area contributed by atoms with Crippen LogP contribution in [-0.2, 0) is 11.3 Å². The van der Waals surface area contributed by atoms with Gasteiger partial charge in [-0.1, -0.05) is 0 Å². The fourth-order valence-corrected chi connectivity index (χ4v) is 1.79. The number of aliphatic hydroxyl groups excluding tert-OH is 1. The van der Waals surface area contributed by atoms with Crippen molar-refractivity contribution in [3.05, 3.63) is 11.8 Å². The lowest BCUT2D eigenvalue weighted by molar-refractivity contribution is -0.0642. The molecule has 0 radical (unpaired) electrons. The molecule has 0 saturated heterocycles. The van der Waals surface area contributed by atoms with Crippen LogP contribution in [0.1, 0.15) is 53.3 Å². The number of aromatic nitrogens is 2. The molecule has 0 aliphatic rings. The predicted molar refractivity (Wildman–Crippen MR) is 80.9 cm³/mol. The molecular formula is C15H29N3O3. The fraction of sp³-hybridized carbons (Fsp3) is 0.867. The normalized spacial score (nSPS) is 14.7. The Morgan fingerprint density at radius 3 is 2.24 bits per heavy atom. The zero-order valence-electron chi connectivity index (χ0n) is 14.3. The fourth-order valence-electron chi connectivity index (χ4n) is 1.79. The van der Waals surface area contributed by atoms with Crippen molar-refractivity contribution in [2.75, 3.05) is 13.2 Å². The van der Waals surface area contributed by atoms with Crippen molar-refractivity contribution in [3.63, 3.8) is 0 Å². The second-order valence-corrected chi connectivity index (χ2v) is 7.34. The molecule has 0 fully saturated rings. The summed E-state index contributed by atoms with van der Waals surface area (Å²) in [6.45, 7) is 15.3. The summed E-state index contributed by atoms with van der Waals surface area (Å²) in [5.74, 6) is 1.11. The van der Waals surface area contributed by atoms with Gasteiger partial charge < -0.3 is 14.3 Å². The Hall–Kier alpha value is -0.980. The van der Waals surface area contributed by atoms with Crippen LogP contribution >= 0.6 is 0 Å². The van der Waals surface area contributed by atoms with Crippen molar-refractivity contribution in [3.8, 4) is 0 Å². The van der Waals surface area contributed by atoms with E-state index in [1.807, 2.05) is 20.8 Å². The Morgan fingerprint density at radius 2 is 1.81 bits per heavy atom. The number of hydrogen-bond donors (Lipinski definition) is 1. The van der Waals surface area contributed by atoms with Crippen LogP contribution in [0, 0.1) is 6.92 Å². The Balaban J connectivity index is 2.62. The van der Waals surface area contributed by atoms with Crippen LogP contribution in [-0.4, -0.2) is 50.6 Å². The minimum Gasteiger partial charge on any atom is -0.424 e. The highest BCUT2D eigenvalue weighted by Gasteiger charge is 2.26. The van der Waals surface area contributed by atoms with Gasteiger partial charge >= 0.3 is 0 Å². The Morgan fingerprint density at radius 1 is 1.19 bits per heavy atom. The second-order valence-electron chi connectivity index (χ2n) is 7.34. The van der Waals surface area contributed by atoms with E-state index in [1.54, 1.807) is 6.92 Å². The first kappa shape index (κ1) is 18.1. The quantitative estimate of drug-likeness (QED) is 0.868. The van der Waals surface area contributed by atoms with Gasteiger partial charge in [0.2, 0.25) is 11.8 Å². The monoisotopic (exact) mass is 299 g/mol. The molecule has 122 valence electrons. The van der Waals surface area contributed by atoms with Crippen molar-refractivity contribution < 1.29 is 14.3 Å². The Bertz CT molecular complexity index is 432. The molecule has 0 aliphatic heterocycles. The average Bonchev–Trinajstić information content (AvgIpc) is 2.69. The van der Waals surface area contributed by atoms with E-state index in [-0.39, 0.29) is 11.1 Å². The van der Waals surface area contributed by atoms with Crippen molar-refractivity contribution in [1.29, 1.82) is 0 Å². The molecule has 21 heavy (non-hydrogen) atoms. The van der Waals surface area contributed by atoms with E-state index in [9.17, 15) is 5.11 Å². The summed E-state index contributed by atoms with van der Waals surface area (Å²) in [6, 6.07) is 0. The zero-order valence-corrected chi connectivity index (χ0v) is 14.3. The summed E-state index contributed by atoms with van der Waals surface area (Å²) < 4.78 is 11.1.